The quantitative estimate of drug-likeness (QED) is 0.241. The second-order valence-electron chi connectivity index (χ2n) is 7.43. The van der Waals surface area contributed by atoms with Crippen LogP contribution in [-0.2, 0) is 0 Å². The first kappa shape index (κ1) is 24.1. The summed E-state index contributed by atoms with van der Waals surface area (Å²) >= 11 is 5.47. The molecule has 4 nitrogen and oxygen atoms in total. The Balaban J connectivity index is 1.56. The van der Waals surface area contributed by atoms with Crippen LogP contribution in [0.15, 0.2) is 53.6 Å². The molecule has 0 aliphatic carbocycles. The predicted molar refractivity (Wildman–Crippen MR) is 131 cm³/mol. The fourth-order valence-electron chi connectivity index (χ4n) is 3.18. The van der Waals surface area contributed by atoms with Crippen LogP contribution in [0.2, 0.25) is 0 Å². The second kappa shape index (κ2) is 14.7. The van der Waals surface area contributed by atoms with Crippen molar-refractivity contribution in [2.24, 2.45) is 4.99 Å². The molecule has 1 aliphatic rings. The molecule has 1 aliphatic heterocycles. The van der Waals surface area contributed by atoms with E-state index in [1.165, 1.54) is 50.7 Å². The average Bonchev–Trinajstić information content (AvgIpc) is 3.20. The number of halogens is 1. The van der Waals surface area contributed by atoms with Crippen molar-refractivity contribution in [3.8, 4) is 0 Å². The normalized spacial score (nSPS) is 13.9. The molecular weight excluding hydrogens is 395 g/mol. The lowest BCUT2D eigenvalue weighted by atomic mass is 10.1. The number of rotatable bonds is 12. The number of thiocarbonyl (C=S) groups is 1. The zero-order chi connectivity index (χ0) is 21.4. The highest BCUT2D eigenvalue weighted by molar-refractivity contribution is 7.80. The molecule has 0 saturated carbocycles. The number of anilines is 1. The highest BCUT2D eigenvalue weighted by atomic mass is 32.1. The number of hydrogen-bond acceptors (Lipinski definition) is 3. The summed E-state index contributed by atoms with van der Waals surface area (Å²) in [5.41, 5.74) is 0.648. The van der Waals surface area contributed by atoms with Crippen molar-refractivity contribution in [2.45, 2.75) is 58.3 Å². The Hall–Kier alpha value is -2.21. The molecule has 1 heterocycles. The van der Waals surface area contributed by atoms with Crippen LogP contribution in [0.1, 0.15) is 58.3 Å². The Labute approximate surface area is 186 Å². The molecule has 30 heavy (non-hydrogen) atoms. The van der Waals surface area contributed by atoms with E-state index in [4.69, 9.17) is 12.2 Å². The van der Waals surface area contributed by atoms with Gasteiger partial charge in [0.15, 0.2) is 11.1 Å². The number of nitrogens with zero attached hydrogens (tertiary/aromatic N) is 2. The molecule has 0 spiro atoms. The molecule has 2 rings (SSSR count). The lowest BCUT2D eigenvalue weighted by molar-refractivity contribution is 0.619. The smallest absolute Gasteiger partial charge is 0.200 e. The summed E-state index contributed by atoms with van der Waals surface area (Å²) < 4.78 is 13.3. The van der Waals surface area contributed by atoms with Crippen molar-refractivity contribution in [1.82, 2.24) is 10.2 Å². The first-order valence-electron chi connectivity index (χ1n) is 11.1. The molecule has 0 aromatic heterocycles. The summed E-state index contributed by atoms with van der Waals surface area (Å²) in [5.74, 6) is 0.520. The standard InChI is InChI=1S/C24H35FN4S/c1-2-3-4-5-6-7-8-9-10-11-12-13-17-26-23-27-18-19-29(23)24(30)28-22-16-14-15-21(25)20-22/h6-9,14-16,20H,2-5,10-13,17-19H2,1H3,(H,26,27)(H,28,30). The van der Waals surface area contributed by atoms with Crippen LogP contribution >= 0.6 is 12.2 Å². The van der Waals surface area contributed by atoms with Crippen molar-refractivity contribution < 1.29 is 4.39 Å². The maximum absolute atomic E-state index is 13.3. The number of unbranched alkanes of at least 4 members (excludes halogenated alkanes) is 6. The van der Waals surface area contributed by atoms with E-state index >= 15 is 0 Å². The van der Waals surface area contributed by atoms with Crippen molar-refractivity contribution in [3.63, 3.8) is 0 Å². The number of benzene rings is 1. The molecule has 0 radical (unpaired) electrons. The monoisotopic (exact) mass is 430 g/mol. The van der Waals surface area contributed by atoms with E-state index in [2.05, 4.69) is 46.9 Å². The molecule has 6 heteroatoms. The van der Waals surface area contributed by atoms with E-state index < -0.39 is 0 Å². The summed E-state index contributed by atoms with van der Waals surface area (Å²) in [4.78, 5) is 6.44. The van der Waals surface area contributed by atoms with Crippen LogP contribution in [0, 0.1) is 5.82 Å². The highest BCUT2D eigenvalue weighted by Gasteiger charge is 2.20. The molecule has 0 amide bonds. The minimum atomic E-state index is -0.283. The SMILES string of the molecule is CCCCCC=CC=CCCCCCNC1=NCCN1C(=S)Nc1cccc(F)c1. The van der Waals surface area contributed by atoms with Gasteiger partial charge in [0.1, 0.15) is 5.82 Å². The Morgan fingerprint density at radius 1 is 1.13 bits per heavy atom. The average molecular weight is 431 g/mol. The van der Waals surface area contributed by atoms with Crippen molar-refractivity contribution in [2.75, 3.05) is 25.0 Å². The van der Waals surface area contributed by atoms with Crippen molar-refractivity contribution in [1.29, 1.82) is 0 Å². The van der Waals surface area contributed by atoms with Gasteiger partial charge in [-0.05, 0) is 62.5 Å². The number of nitrogens with one attached hydrogen (secondary N) is 2. The van der Waals surface area contributed by atoms with Gasteiger partial charge in [0.2, 0.25) is 0 Å². The van der Waals surface area contributed by atoms with E-state index in [1.807, 2.05) is 4.90 Å². The van der Waals surface area contributed by atoms with E-state index in [-0.39, 0.29) is 5.82 Å². The number of guanidine groups is 1. The highest BCUT2D eigenvalue weighted by Crippen LogP contribution is 2.12. The minimum absolute atomic E-state index is 0.283. The summed E-state index contributed by atoms with van der Waals surface area (Å²) in [6.07, 6.45) is 18.5. The van der Waals surface area contributed by atoms with Gasteiger partial charge in [-0.2, -0.15) is 0 Å². The third kappa shape index (κ3) is 9.53. The van der Waals surface area contributed by atoms with Crippen LogP contribution < -0.4 is 10.6 Å². The van der Waals surface area contributed by atoms with Crippen LogP contribution in [0.5, 0.6) is 0 Å². The van der Waals surface area contributed by atoms with E-state index in [9.17, 15) is 4.39 Å². The Morgan fingerprint density at radius 3 is 2.63 bits per heavy atom. The van der Waals surface area contributed by atoms with Gasteiger partial charge in [0.25, 0.3) is 0 Å². The predicted octanol–water partition coefficient (Wildman–Crippen LogP) is 6.04. The molecule has 0 atom stereocenters. The van der Waals surface area contributed by atoms with E-state index in [1.54, 1.807) is 12.1 Å². The Kier molecular flexibility index (Phi) is 11.8. The largest absolute Gasteiger partial charge is 0.356 e. The second-order valence-corrected chi connectivity index (χ2v) is 7.81. The lowest BCUT2D eigenvalue weighted by Gasteiger charge is -2.22. The third-order valence-electron chi connectivity index (χ3n) is 4.85. The molecular formula is C24H35FN4S. The molecule has 0 unspecified atom stereocenters. The first-order valence-corrected chi connectivity index (χ1v) is 11.6. The van der Waals surface area contributed by atoms with Gasteiger partial charge in [0, 0.05) is 18.8 Å². The van der Waals surface area contributed by atoms with Gasteiger partial charge < -0.3 is 10.6 Å². The third-order valence-corrected chi connectivity index (χ3v) is 5.17. The van der Waals surface area contributed by atoms with Gasteiger partial charge in [-0.3, -0.25) is 9.89 Å². The zero-order valence-corrected chi connectivity index (χ0v) is 18.9. The topological polar surface area (TPSA) is 39.7 Å². The summed E-state index contributed by atoms with van der Waals surface area (Å²) in [7, 11) is 0. The molecule has 1 aromatic carbocycles. The van der Waals surface area contributed by atoms with Crippen LogP contribution in [0.25, 0.3) is 0 Å². The fourth-order valence-corrected chi connectivity index (χ4v) is 3.47. The maximum Gasteiger partial charge on any atom is 0.200 e. The number of hydrogen-bond donors (Lipinski definition) is 2. The lowest BCUT2D eigenvalue weighted by Crippen LogP contribution is -2.44. The summed E-state index contributed by atoms with van der Waals surface area (Å²) in [5, 5.41) is 7.02. The summed E-state index contributed by atoms with van der Waals surface area (Å²) in [6, 6.07) is 6.31. The molecule has 0 saturated heterocycles. The Morgan fingerprint density at radius 2 is 1.90 bits per heavy atom. The van der Waals surface area contributed by atoms with Crippen LogP contribution in [-0.4, -0.2) is 35.6 Å². The van der Waals surface area contributed by atoms with E-state index in [0.29, 0.717) is 17.3 Å². The first-order chi connectivity index (χ1) is 14.7. The molecule has 0 bridgehead atoms. The number of aliphatic imine (C=N–C) groups is 1. The molecule has 1 aromatic rings. The van der Waals surface area contributed by atoms with E-state index in [0.717, 1.165) is 31.9 Å². The molecule has 164 valence electrons. The maximum atomic E-state index is 13.3. The van der Waals surface area contributed by atoms with Crippen LogP contribution in [0.4, 0.5) is 10.1 Å². The molecule has 2 N–H and O–H groups in total. The van der Waals surface area contributed by atoms with Gasteiger partial charge in [0.05, 0.1) is 6.54 Å². The van der Waals surface area contributed by atoms with Gasteiger partial charge in [-0.25, -0.2) is 4.39 Å². The van der Waals surface area contributed by atoms with Gasteiger partial charge in [-0.1, -0.05) is 56.6 Å². The van der Waals surface area contributed by atoms with Gasteiger partial charge >= 0.3 is 0 Å². The van der Waals surface area contributed by atoms with Crippen molar-refractivity contribution in [3.05, 3.63) is 54.4 Å². The minimum Gasteiger partial charge on any atom is -0.356 e. The van der Waals surface area contributed by atoms with Crippen molar-refractivity contribution >= 4 is 29.0 Å². The van der Waals surface area contributed by atoms with Crippen LogP contribution in [0.3, 0.4) is 0 Å². The van der Waals surface area contributed by atoms with Gasteiger partial charge in [-0.15, -0.1) is 0 Å². The number of allylic oxidation sites excluding steroid dienone is 4. The zero-order valence-electron chi connectivity index (χ0n) is 18.1. The fraction of sp³-hybridized carbons (Fsp3) is 0.500. The molecule has 0 fully saturated rings. The Bertz CT molecular complexity index is 730. The summed E-state index contributed by atoms with van der Waals surface area (Å²) in [6.45, 7) is 4.56.